The number of ketones is 1. The zero-order valence-electron chi connectivity index (χ0n) is 13.1. The van der Waals surface area contributed by atoms with Crippen LogP contribution in [0, 0.1) is 11.8 Å². The van der Waals surface area contributed by atoms with Crippen LogP contribution < -0.4 is 0 Å². The van der Waals surface area contributed by atoms with Crippen molar-refractivity contribution in [1.29, 1.82) is 0 Å². The summed E-state index contributed by atoms with van der Waals surface area (Å²) in [5.74, 6) is 5.21. The van der Waals surface area contributed by atoms with E-state index in [1.54, 1.807) is 6.08 Å². The third-order valence-electron chi connectivity index (χ3n) is 3.38. The standard InChI is InChI=1S/C18H20O4/c1-11(2)6-5-7-12(3)8-9-14-10-15(21-13(4)19)17-18(22-17)16(14)20/h6,10,15,17-18H,3,5,7H2,1-2,4H3. The van der Waals surface area contributed by atoms with Crippen LogP contribution in [0.2, 0.25) is 0 Å². The largest absolute Gasteiger partial charge is 0.455 e. The van der Waals surface area contributed by atoms with Gasteiger partial charge in [0.25, 0.3) is 0 Å². The van der Waals surface area contributed by atoms with Gasteiger partial charge in [0, 0.05) is 6.92 Å². The highest BCUT2D eigenvalue weighted by Crippen LogP contribution is 2.35. The van der Waals surface area contributed by atoms with Gasteiger partial charge in [0.1, 0.15) is 6.10 Å². The Labute approximate surface area is 130 Å². The summed E-state index contributed by atoms with van der Waals surface area (Å²) in [7, 11) is 0. The molecule has 0 aromatic rings. The number of fused-ring (bicyclic) bond motifs is 1. The number of ether oxygens (including phenoxy) is 2. The number of Topliss-reactive ketones (excluding diaryl/α,β-unsaturated/α-hetero) is 1. The average Bonchev–Trinajstić information content (AvgIpc) is 3.20. The molecule has 0 spiro atoms. The molecule has 0 bridgehead atoms. The van der Waals surface area contributed by atoms with Crippen LogP contribution in [0.5, 0.6) is 0 Å². The van der Waals surface area contributed by atoms with Gasteiger partial charge in [0.15, 0.2) is 12.2 Å². The first kappa shape index (κ1) is 16.3. The first-order valence-corrected chi connectivity index (χ1v) is 7.30. The molecule has 1 fully saturated rings. The van der Waals surface area contributed by atoms with Crippen molar-refractivity contribution in [2.75, 3.05) is 0 Å². The molecule has 4 heteroatoms. The van der Waals surface area contributed by atoms with Crippen molar-refractivity contribution < 1.29 is 19.1 Å². The lowest BCUT2D eigenvalue weighted by Gasteiger charge is -2.14. The summed E-state index contributed by atoms with van der Waals surface area (Å²) in [6.07, 6.45) is 3.96. The number of carbonyl (C=O) groups excluding carboxylic acids is 2. The van der Waals surface area contributed by atoms with E-state index in [1.807, 2.05) is 13.8 Å². The van der Waals surface area contributed by atoms with Gasteiger partial charge in [-0.2, -0.15) is 0 Å². The molecule has 2 rings (SSSR count). The maximum atomic E-state index is 12.0. The number of hydrogen-bond acceptors (Lipinski definition) is 4. The van der Waals surface area contributed by atoms with Crippen LogP contribution in [0.3, 0.4) is 0 Å². The lowest BCUT2D eigenvalue weighted by molar-refractivity contribution is -0.145. The molecule has 2 aliphatic rings. The van der Waals surface area contributed by atoms with Crippen molar-refractivity contribution in [3.8, 4) is 11.8 Å². The van der Waals surface area contributed by atoms with Crippen molar-refractivity contribution in [2.24, 2.45) is 0 Å². The maximum absolute atomic E-state index is 12.0. The Morgan fingerprint density at radius 2 is 2.18 bits per heavy atom. The molecular formula is C18H20O4. The summed E-state index contributed by atoms with van der Waals surface area (Å²) < 4.78 is 10.4. The van der Waals surface area contributed by atoms with Gasteiger partial charge in [-0.25, -0.2) is 0 Å². The minimum atomic E-state index is -0.525. The molecule has 4 nitrogen and oxygen atoms in total. The smallest absolute Gasteiger partial charge is 0.303 e. The highest BCUT2D eigenvalue weighted by atomic mass is 16.6. The van der Waals surface area contributed by atoms with E-state index >= 15 is 0 Å². The van der Waals surface area contributed by atoms with Gasteiger partial charge in [-0.05, 0) is 38.3 Å². The van der Waals surface area contributed by atoms with Gasteiger partial charge in [0.2, 0.25) is 5.78 Å². The molecule has 0 aromatic heterocycles. The Morgan fingerprint density at radius 1 is 1.45 bits per heavy atom. The van der Waals surface area contributed by atoms with Crippen molar-refractivity contribution in [3.63, 3.8) is 0 Å². The second-order valence-electron chi connectivity index (χ2n) is 5.71. The van der Waals surface area contributed by atoms with Crippen LogP contribution in [0.4, 0.5) is 0 Å². The van der Waals surface area contributed by atoms with E-state index in [4.69, 9.17) is 9.47 Å². The number of hydrogen-bond donors (Lipinski definition) is 0. The first-order valence-electron chi connectivity index (χ1n) is 7.30. The highest BCUT2D eigenvalue weighted by molar-refractivity contribution is 6.06. The van der Waals surface area contributed by atoms with Gasteiger partial charge in [-0.15, -0.1) is 0 Å². The van der Waals surface area contributed by atoms with Crippen molar-refractivity contribution in [2.45, 2.75) is 51.9 Å². The van der Waals surface area contributed by atoms with E-state index in [1.165, 1.54) is 12.5 Å². The molecule has 1 aliphatic carbocycles. The molecular weight excluding hydrogens is 280 g/mol. The first-order chi connectivity index (χ1) is 10.4. The molecule has 0 amide bonds. The molecule has 3 atom stereocenters. The van der Waals surface area contributed by atoms with Crippen LogP contribution >= 0.6 is 0 Å². The minimum Gasteiger partial charge on any atom is -0.455 e. The van der Waals surface area contributed by atoms with Gasteiger partial charge in [-0.1, -0.05) is 30.1 Å². The molecule has 1 aliphatic heterocycles. The molecule has 3 unspecified atom stereocenters. The van der Waals surface area contributed by atoms with E-state index in [0.29, 0.717) is 5.57 Å². The number of rotatable bonds is 4. The lowest BCUT2D eigenvalue weighted by Crippen LogP contribution is -2.30. The monoisotopic (exact) mass is 300 g/mol. The second-order valence-corrected chi connectivity index (χ2v) is 5.71. The van der Waals surface area contributed by atoms with Gasteiger partial charge >= 0.3 is 5.97 Å². The van der Waals surface area contributed by atoms with E-state index in [9.17, 15) is 9.59 Å². The number of epoxide rings is 1. The summed E-state index contributed by atoms with van der Waals surface area (Å²) in [5.41, 5.74) is 2.37. The summed E-state index contributed by atoms with van der Waals surface area (Å²) in [6, 6.07) is 0. The fraction of sp³-hybridized carbons (Fsp3) is 0.444. The zero-order valence-corrected chi connectivity index (χ0v) is 13.1. The molecule has 0 aromatic carbocycles. The molecule has 116 valence electrons. The number of carbonyl (C=O) groups is 2. The van der Waals surface area contributed by atoms with Crippen LogP contribution in [0.1, 0.15) is 33.6 Å². The van der Waals surface area contributed by atoms with Crippen molar-refractivity contribution in [1.82, 2.24) is 0 Å². The Balaban J connectivity index is 2.01. The molecule has 1 heterocycles. The Bertz CT molecular complexity index is 623. The van der Waals surface area contributed by atoms with Gasteiger partial charge < -0.3 is 9.47 Å². The Kier molecular flexibility index (Phi) is 4.99. The molecule has 0 radical (unpaired) electrons. The minimum absolute atomic E-state index is 0.141. The lowest BCUT2D eigenvalue weighted by atomic mass is 9.96. The normalized spacial score (nSPS) is 25.1. The van der Waals surface area contributed by atoms with Crippen LogP contribution in [0.15, 0.2) is 35.5 Å². The maximum Gasteiger partial charge on any atom is 0.303 e. The van der Waals surface area contributed by atoms with Crippen LogP contribution in [0.25, 0.3) is 0 Å². The number of allylic oxidation sites excluding steroid dienone is 3. The molecule has 0 N–H and O–H groups in total. The third-order valence-corrected chi connectivity index (χ3v) is 3.38. The second kappa shape index (κ2) is 6.76. The predicted octanol–water partition coefficient (Wildman–Crippen LogP) is 2.50. The summed E-state index contributed by atoms with van der Waals surface area (Å²) in [6.45, 7) is 9.32. The number of esters is 1. The van der Waals surface area contributed by atoms with E-state index in [2.05, 4.69) is 24.5 Å². The fourth-order valence-electron chi connectivity index (χ4n) is 2.23. The molecule has 0 saturated carbocycles. The fourth-order valence-corrected chi connectivity index (χ4v) is 2.23. The quantitative estimate of drug-likeness (QED) is 0.346. The van der Waals surface area contributed by atoms with Crippen LogP contribution in [-0.2, 0) is 19.1 Å². The van der Waals surface area contributed by atoms with Gasteiger partial charge in [0.05, 0.1) is 5.57 Å². The average molecular weight is 300 g/mol. The van der Waals surface area contributed by atoms with E-state index in [-0.39, 0.29) is 11.9 Å². The topological polar surface area (TPSA) is 55.9 Å². The summed E-state index contributed by atoms with van der Waals surface area (Å²) in [4.78, 5) is 23.1. The predicted molar refractivity (Wildman–Crippen MR) is 82.9 cm³/mol. The third kappa shape index (κ3) is 4.19. The Morgan fingerprint density at radius 3 is 2.82 bits per heavy atom. The van der Waals surface area contributed by atoms with Crippen molar-refractivity contribution >= 4 is 11.8 Å². The van der Waals surface area contributed by atoms with E-state index in [0.717, 1.165) is 18.4 Å². The SMILES string of the molecule is C=C(C#CC1=CC(OC(C)=O)C2OC2C1=O)CCC=C(C)C. The molecule has 22 heavy (non-hydrogen) atoms. The molecule has 1 saturated heterocycles. The van der Waals surface area contributed by atoms with E-state index < -0.39 is 18.2 Å². The summed E-state index contributed by atoms with van der Waals surface area (Å²) >= 11 is 0. The van der Waals surface area contributed by atoms with Crippen molar-refractivity contribution in [3.05, 3.63) is 35.5 Å². The Hall–Kier alpha value is -2.12. The highest BCUT2D eigenvalue weighted by Gasteiger charge is 2.54. The van der Waals surface area contributed by atoms with Crippen LogP contribution in [-0.4, -0.2) is 30.1 Å². The zero-order chi connectivity index (χ0) is 16.3. The summed E-state index contributed by atoms with van der Waals surface area (Å²) in [5, 5.41) is 0. The van der Waals surface area contributed by atoms with Gasteiger partial charge in [-0.3, -0.25) is 9.59 Å².